The van der Waals surface area contributed by atoms with Gasteiger partial charge in [-0.25, -0.2) is 0 Å². The molecule has 6 aliphatic carbocycles. The molecule has 6 unspecified atom stereocenters. The number of Topliss-reactive ketones (excluding diaryl/α,β-unsaturated/α-hetero) is 1. The van der Waals surface area contributed by atoms with Crippen molar-refractivity contribution in [1.82, 2.24) is 0 Å². The second-order valence-corrected chi connectivity index (χ2v) is 5.61. The third kappa shape index (κ3) is 0.306. The van der Waals surface area contributed by atoms with Gasteiger partial charge in [-0.05, 0) is 29.6 Å². The number of carbonyl (C=O) groups excluding carboxylic acids is 2. The van der Waals surface area contributed by atoms with Gasteiger partial charge in [0.15, 0.2) is 0 Å². The summed E-state index contributed by atoms with van der Waals surface area (Å²) in [5.74, 6) is 3.60. The van der Waals surface area contributed by atoms with Crippen LogP contribution in [-0.4, -0.2) is 18.9 Å². The maximum absolute atomic E-state index is 11.8. The Morgan fingerprint density at radius 1 is 1.21 bits per heavy atom. The van der Waals surface area contributed by atoms with Crippen molar-refractivity contribution < 1.29 is 14.3 Å². The molecule has 0 aromatic rings. The largest absolute Gasteiger partial charge is 0.469 e. The molecule has 6 atom stereocenters. The van der Waals surface area contributed by atoms with Gasteiger partial charge in [0.05, 0.1) is 12.5 Å². The molecule has 14 heavy (non-hydrogen) atoms. The quantitative estimate of drug-likeness (QED) is 0.551. The second kappa shape index (κ2) is 1.37. The van der Waals surface area contributed by atoms with Crippen LogP contribution >= 0.6 is 0 Å². The predicted molar refractivity (Wildman–Crippen MR) is 43.9 cm³/mol. The second-order valence-electron chi connectivity index (χ2n) is 5.61. The third-order valence-corrected chi connectivity index (χ3v) is 5.86. The van der Waals surface area contributed by atoms with Crippen LogP contribution in [-0.2, 0) is 14.3 Å². The molecule has 0 N–H and O–H groups in total. The van der Waals surface area contributed by atoms with Crippen LogP contribution in [0.2, 0.25) is 0 Å². The number of hydrogen-bond acceptors (Lipinski definition) is 3. The standard InChI is InChI=1S/C11H10O3/c1-14-10(13)11-6-2-3(6)5-8(11)7(11)4(2)9(5)12/h2-8H,1H3. The number of carbonyl (C=O) groups is 2. The Labute approximate surface area is 80.8 Å². The van der Waals surface area contributed by atoms with Crippen molar-refractivity contribution in [2.24, 2.45) is 46.8 Å². The highest BCUT2D eigenvalue weighted by atomic mass is 16.5. The van der Waals surface area contributed by atoms with E-state index >= 15 is 0 Å². The molecule has 6 saturated carbocycles. The summed E-state index contributed by atoms with van der Waals surface area (Å²) in [5, 5.41) is 0. The maximum atomic E-state index is 11.8. The summed E-state index contributed by atoms with van der Waals surface area (Å²) in [7, 11) is 1.48. The van der Waals surface area contributed by atoms with Crippen molar-refractivity contribution in [3.63, 3.8) is 0 Å². The van der Waals surface area contributed by atoms with Crippen LogP contribution in [0.3, 0.4) is 0 Å². The zero-order valence-electron chi connectivity index (χ0n) is 7.77. The summed E-state index contributed by atoms with van der Waals surface area (Å²) in [5.41, 5.74) is -0.146. The van der Waals surface area contributed by atoms with Crippen LogP contribution in [0.15, 0.2) is 0 Å². The van der Waals surface area contributed by atoms with E-state index in [4.69, 9.17) is 4.74 Å². The van der Waals surface area contributed by atoms with Gasteiger partial charge in [0.2, 0.25) is 0 Å². The molecule has 6 rings (SSSR count). The summed E-state index contributed by atoms with van der Waals surface area (Å²) in [6.07, 6.45) is 0. The van der Waals surface area contributed by atoms with Gasteiger partial charge >= 0.3 is 5.97 Å². The molecule has 0 saturated heterocycles. The van der Waals surface area contributed by atoms with Crippen molar-refractivity contribution in [2.75, 3.05) is 7.11 Å². The zero-order valence-corrected chi connectivity index (χ0v) is 7.77. The number of ether oxygens (including phenoxy) is 1. The van der Waals surface area contributed by atoms with E-state index in [0.29, 0.717) is 35.4 Å². The first-order chi connectivity index (χ1) is 6.76. The van der Waals surface area contributed by atoms with E-state index in [2.05, 4.69) is 0 Å². The molecule has 3 heteroatoms. The number of rotatable bonds is 1. The third-order valence-electron chi connectivity index (χ3n) is 5.86. The Morgan fingerprint density at radius 2 is 1.79 bits per heavy atom. The molecule has 0 aromatic heterocycles. The lowest BCUT2D eigenvalue weighted by molar-refractivity contribution is -0.148. The van der Waals surface area contributed by atoms with Crippen molar-refractivity contribution in [1.29, 1.82) is 0 Å². The fourth-order valence-electron chi connectivity index (χ4n) is 5.89. The Bertz CT molecular complexity index is 400. The number of ketones is 1. The normalized spacial score (nSPS) is 72.6. The highest BCUT2D eigenvalue weighted by Gasteiger charge is 3.03. The predicted octanol–water partition coefficient (Wildman–Crippen LogP) is 0.0963. The number of hydrogen-bond donors (Lipinski definition) is 0. The minimum absolute atomic E-state index is 0.0116. The average Bonchev–Trinajstić information content (AvgIpc) is 2.97. The molecular formula is C11H10O3. The first-order valence-electron chi connectivity index (χ1n) is 5.38. The van der Waals surface area contributed by atoms with Crippen LogP contribution in [0.4, 0.5) is 0 Å². The van der Waals surface area contributed by atoms with E-state index < -0.39 is 0 Å². The SMILES string of the molecule is COC(=O)C12C3C4C5C(=O)C(C43)C1C52. The van der Waals surface area contributed by atoms with Gasteiger partial charge in [-0.1, -0.05) is 0 Å². The topological polar surface area (TPSA) is 43.4 Å². The summed E-state index contributed by atoms with van der Waals surface area (Å²) in [4.78, 5) is 23.6. The minimum Gasteiger partial charge on any atom is -0.469 e. The first kappa shape index (κ1) is 6.59. The maximum Gasteiger partial charge on any atom is 0.312 e. The summed E-state index contributed by atoms with van der Waals surface area (Å²) in [6.45, 7) is 0. The van der Waals surface area contributed by atoms with Crippen LogP contribution < -0.4 is 0 Å². The molecule has 6 aliphatic rings. The molecule has 0 aliphatic heterocycles. The average molecular weight is 190 g/mol. The first-order valence-corrected chi connectivity index (χ1v) is 5.38. The molecular weight excluding hydrogens is 180 g/mol. The van der Waals surface area contributed by atoms with E-state index in [-0.39, 0.29) is 23.2 Å². The summed E-state index contributed by atoms with van der Waals surface area (Å²) < 4.78 is 4.93. The van der Waals surface area contributed by atoms with Crippen molar-refractivity contribution in [2.45, 2.75) is 0 Å². The Morgan fingerprint density at radius 3 is 2.21 bits per heavy atom. The summed E-state index contributed by atoms with van der Waals surface area (Å²) in [6, 6.07) is 0. The van der Waals surface area contributed by atoms with Gasteiger partial charge < -0.3 is 4.74 Å². The van der Waals surface area contributed by atoms with E-state index in [9.17, 15) is 9.59 Å². The van der Waals surface area contributed by atoms with Gasteiger partial charge in [0, 0.05) is 11.8 Å². The molecule has 0 amide bonds. The Hall–Kier alpha value is -0.860. The van der Waals surface area contributed by atoms with Crippen LogP contribution in [0.1, 0.15) is 0 Å². The lowest BCUT2D eigenvalue weighted by Crippen LogP contribution is -2.23. The molecule has 0 aromatic carbocycles. The summed E-state index contributed by atoms with van der Waals surface area (Å²) >= 11 is 0. The van der Waals surface area contributed by atoms with Gasteiger partial charge in [-0.2, -0.15) is 0 Å². The molecule has 72 valence electrons. The molecule has 0 heterocycles. The highest BCUT2D eigenvalue weighted by molar-refractivity contribution is 6.02. The minimum atomic E-state index is -0.146. The lowest BCUT2D eigenvalue weighted by Gasteiger charge is -2.10. The Balaban J connectivity index is 1.74. The fourth-order valence-corrected chi connectivity index (χ4v) is 5.89. The van der Waals surface area contributed by atoms with E-state index in [1.165, 1.54) is 7.11 Å². The smallest absolute Gasteiger partial charge is 0.312 e. The molecule has 2 bridgehead atoms. The fraction of sp³-hybridized carbons (Fsp3) is 0.818. The van der Waals surface area contributed by atoms with Gasteiger partial charge in [-0.15, -0.1) is 0 Å². The van der Waals surface area contributed by atoms with Crippen molar-refractivity contribution in [3.05, 3.63) is 0 Å². The van der Waals surface area contributed by atoms with Crippen LogP contribution in [0, 0.1) is 46.8 Å². The van der Waals surface area contributed by atoms with E-state index in [0.717, 1.165) is 0 Å². The number of esters is 1. The zero-order chi connectivity index (χ0) is 9.40. The molecule has 6 fully saturated rings. The van der Waals surface area contributed by atoms with Crippen molar-refractivity contribution >= 4 is 11.8 Å². The van der Waals surface area contributed by atoms with Gasteiger partial charge in [0.25, 0.3) is 0 Å². The molecule has 0 spiro atoms. The molecule has 0 radical (unpaired) electrons. The van der Waals surface area contributed by atoms with Crippen LogP contribution in [0.25, 0.3) is 0 Å². The van der Waals surface area contributed by atoms with Crippen LogP contribution in [0.5, 0.6) is 0 Å². The van der Waals surface area contributed by atoms with E-state index in [1.54, 1.807) is 0 Å². The lowest BCUT2D eigenvalue weighted by atomic mass is 9.98. The number of methoxy groups -OCH3 is 1. The molecule has 3 nitrogen and oxygen atoms in total. The highest BCUT2D eigenvalue weighted by Crippen LogP contribution is 2.98. The Kier molecular flexibility index (Phi) is 0.646. The van der Waals surface area contributed by atoms with Gasteiger partial charge in [0.1, 0.15) is 5.78 Å². The van der Waals surface area contributed by atoms with Crippen molar-refractivity contribution in [3.8, 4) is 0 Å². The van der Waals surface area contributed by atoms with Gasteiger partial charge in [-0.3, -0.25) is 9.59 Å². The monoisotopic (exact) mass is 190 g/mol. The van der Waals surface area contributed by atoms with E-state index in [1.807, 2.05) is 0 Å².